The first-order valence-corrected chi connectivity index (χ1v) is 9.92. The van der Waals surface area contributed by atoms with E-state index in [-0.39, 0.29) is 11.9 Å². The van der Waals surface area contributed by atoms with E-state index < -0.39 is 0 Å². The SMILES string of the molecule is O=C(NCC(c1cccs1)N1CCOCC1)c1cncn1-c1ccccc1. The number of rotatable bonds is 6. The van der Waals surface area contributed by atoms with E-state index in [9.17, 15) is 4.79 Å². The van der Waals surface area contributed by atoms with Gasteiger partial charge in [-0.15, -0.1) is 11.3 Å². The maximum Gasteiger partial charge on any atom is 0.269 e. The fraction of sp³-hybridized carbons (Fsp3) is 0.300. The van der Waals surface area contributed by atoms with Crippen molar-refractivity contribution in [2.75, 3.05) is 32.8 Å². The molecular weight excluding hydrogens is 360 g/mol. The molecule has 1 saturated heterocycles. The van der Waals surface area contributed by atoms with Crippen molar-refractivity contribution in [1.29, 1.82) is 0 Å². The van der Waals surface area contributed by atoms with Crippen LogP contribution in [0, 0.1) is 0 Å². The molecule has 7 heteroatoms. The summed E-state index contributed by atoms with van der Waals surface area (Å²) < 4.78 is 7.29. The second-order valence-corrected chi connectivity index (χ2v) is 7.35. The first-order chi connectivity index (χ1) is 13.3. The van der Waals surface area contributed by atoms with E-state index in [0.717, 1.165) is 32.0 Å². The zero-order chi connectivity index (χ0) is 18.5. The minimum Gasteiger partial charge on any atom is -0.379 e. The van der Waals surface area contributed by atoms with Crippen molar-refractivity contribution in [3.05, 3.63) is 70.9 Å². The van der Waals surface area contributed by atoms with E-state index in [0.29, 0.717) is 12.2 Å². The Morgan fingerprint density at radius 1 is 1.19 bits per heavy atom. The number of thiophene rings is 1. The molecule has 1 fully saturated rings. The van der Waals surface area contributed by atoms with Gasteiger partial charge in [-0.25, -0.2) is 4.98 Å². The number of hydrogen-bond acceptors (Lipinski definition) is 5. The number of ether oxygens (including phenoxy) is 1. The van der Waals surface area contributed by atoms with Gasteiger partial charge in [-0.05, 0) is 23.6 Å². The first-order valence-electron chi connectivity index (χ1n) is 9.04. The molecular formula is C20H22N4O2S. The highest BCUT2D eigenvalue weighted by atomic mass is 32.1. The van der Waals surface area contributed by atoms with Gasteiger partial charge in [-0.3, -0.25) is 14.3 Å². The van der Waals surface area contributed by atoms with Crippen molar-refractivity contribution in [3.8, 4) is 5.69 Å². The monoisotopic (exact) mass is 382 g/mol. The maximum absolute atomic E-state index is 12.8. The van der Waals surface area contributed by atoms with Crippen LogP contribution < -0.4 is 5.32 Å². The summed E-state index contributed by atoms with van der Waals surface area (Å²) in [7, 11) is 0. The Morgan fingerprint density at radius 2 is 2.00 bits per heavy atom. The maximum atomic E-state index is 12.8. The number of amides is 1. The van der Waals surface area contributed by atoms with E-state index in [1.54, 1.807) is 23.9 Å². The third-order valence-corrected chi connectivity index (χ3v) is 5.69. The fourth-order valence-corrected chi connectivity index (χ4v) is 4.18. The van der Waals surface area contributed by atoms with Crippen LogP contribution in [0.5, 0.6) is 0 Å². The molecule has 1 N–H and O–H groups in total. The molecule has 0 radical (unpaired) electrons. The summed E-state index contributed by atoms with van der Waals surface area (Å²) in [4.78, 5) is 20.6. The van der Waals surface area contributed by atoms with Gasteiger partial charge in [-0.2, -0.15) is 0 Å². The van der Waals surface area contributed by atoms with E-state index in [1.807, 2.05) is 34.9 Å². The Morgan fingerprint density at radius 3 is 2.74 bits per heavy atom. The topological polar surface area (TPSA) is 59.4 Å². The van der Waals surface area contributed by atoms with Crippen molar-refractivity contribution in [2.45, 2.75) is 6.04 Å². The largest absolute Gasteiger partial charge is 0.379 e. The first kappa shape index (κ1) is 17.9. The second kappa shape index (κ2) is 8.47. The molecule has 4 rings (SSSR count). The molecule has 1 aliphatic rings. The number of hydrogen-bond donors (Lipinski definition) is 1. The zero-order valence-corrected chi connectivity index (χ0v) is 15.8. The minimum absolute atomic E-state index is 0.119. The molecule has 27 heavy (non-hydrogen) atoms. The molecule has 1 atom stereocenters. The Hall–Kier alpha value is -2.48. The van der Waals surface area contributed by atoms with Gasteiger partial charge in [-0.1, -0.05) is 24.3 Å². The van der Waals surface area contributed by atoms with Crippen LogP contribution in [-0.2, 0) is 4.74 Å². The summed E-state index contributed by atoms with van der Waals surface area (Å²) in [5.41, 5.74) is 1.45. The van der Waals surface area contributed by atoms with Crippen molar-refractivity contribution < 1.29 is 9.53 Å². The number of aromatic nitrogens is 2. The minimum atomic E-state index is -0.119. The third-order valence-electron chi connectivity index (χ3n) is 4.72. The van der Waals surface area contributed by atoms with Crippen LogP contribution in [0.25, 0.3) is 5.69 Å². The highest BCUT2D eigenvalue weighted by Crippen LogP contribution is 2.25. The van der Waals surface area contributed by atoms with Gasteiger partial charge in [0, 0.05) is 30.2 Å². The van der Waals surface area contributed by atoms with E-state index >= 15 is 0 Å². The molecule has 0 aliphatic carbocycles. The summed E-state index contributed by atoms with van der Waals surface area (Å²) in [5.74, 6) is -0.119. The fourth-order valence-electron chi connectivity index (χ4n) is 3.32. The normalized spacial score (nSPS) is 16.1. The average Bonchev–Trinajstić information content (AvgIpc) is 3.42. The predicted molar refractivity (Wildman–Crippen MR) is 105 cm³/mol. The molecule has 1 aliphatic heterocycles. The molecule has 140 valence electrons. The van der Waals surface area contributed by atoms with E-state index in [1.165, 1.54) is 4.88 Å². The van der Waals surface area contributed by atoms with Crippen LogP contribution in [0.3, 0.4) is 0 Å². The number of imidazole rings is 1. The van der Waals surface area contributed by atoms with Crippen molar-refractivity contribution in [1.82, 2.24) is 19.8 Å². The lowest BCUT2D eigenvalue weighted by atomic mass is 10.2. The molecule has 1 unspecified atom stereocenters. The van der Waals surface area contributed by atoms with Gasteiger partial charge < -0.3 is 10.1 Å². The molecule has 3 aromatic rings. The summed E-state index contributed by atoms with van der Waals surface area (Å²) in [6.45, 7) is 3.77. The number of nitrogens with one attached hydrogen (secondary N) is 1. The predicted octanol–water partition coefficient (Wildman–Crippen LogP) is 2.74. The number of nitrogens with zero attached hydrogens (tertiary/aromatic N) is 3. The summed E-state index contributed by atoms with van der Waals surface area (Å²) >= 11 is 1.72. The van der Waals surface area contributed by atoms with Crippen LogP contribution in [0.1, 0.15) is 21.4 Å². The van der Waals surface area contributed by atoms with Crippen LogP contribution in [0.15, 0.2) is 60.4 Å². The van der Waals surface area contributed by atoms with E-state index in [2.05, 4.69) is 32.7 Å². The van der Waals surface area contributed by atoms with Gasteiger partial charge in [0.15, 0.2) is 0 Å². The Balaban J connectivity index is 1.48. The standard InChI is InChI=1S/C20H22N4O2S/c25-20(18-13-21-15-24(18)16-5-2-1-3-6-16)22-14-17(19-7-4-12-27-19)23-8-10-26-11-9-23/h1-7,12-13,15,17H,8-11,14H2,(H,22,25). The Labute approximate surface area is 162 Å². The number of carbonyl (C=O) groups is 1. The lowest BCUT2D eigenvalue weighted by Crippen LogP contribution is -2.43. The highest BCUT2D eigenvalue weighted by molar-refractivity contribution is 7.10. The quantitative estimate of drug-likeness (QED) is 0.712. The van der Waals surface area contributed by atoms with Crippen molar-refractivity contribution in [3.63, 3.8) is 0 Å². The van der Waals surface area contributed by atoms with Crippen LogP contribution in [-0.4, -0.2) is 53.2 Å². The Bertz CT molecular complexity index is 857. The summed E-state index contributed by atoms with van der Waals surface area (Å²) in [6, 6.07) is 14.1. The molecule has 2 aromatic heterocycles. The molecule has 3 heterocycles. The van der Waals surface area contributed by atoms with Crippen molar-refractivity contribution in [2.24, 2.45) is 0 Å². The molecule has 1 amide bonds. The number of morpholine rings is 1. The number of para-hydroxylation sites is 1. The van der Waals surface area contributed by atoms with Crippen LogP contribution in [0.2, 0.25) is 0 Å². The van der Waals surface area contributed by atoms with Gasteiger partial charge in [0.1, 0.15) is 5.69 Å². The van der Waals surface area contributed by atoms with Gasteiger partial charge >= 0.3 is 0 Å². The average molecular weight is 382 g/mol. The van der Waals surface area contributed by atoms with Gasteiger partial charge in [0.05, 0.1) is 31.8 Å². The molecule has 1 aromatic carbocycles. The molecule has 6 nitrogen and oxygen atoms in total. The van der Waals surface area contributed by atoms with Gasteiger partial charge in [0.25, 0.3) is 5.91 Å². The third kappa shape index (κ3) is 4.10. The smallest absolute Gasteiger partial charge is 0.269 e. The van der Waals surface area contributed by atoms with E-state index in [4.69, 9.17) is 4.74 Å². The second-order valence-electron chi connectivity index (χ2n) is 6.37. The Kier molecular flexibility index (Phi) is 5.62. The molecule has 0 bridgehead atoms. The lowest BCUT2D eigenvalue weighted by Gasteiger charge is -2.34. The highest BCUT2D eigenvalue weighted by Gasteiger charge is 2.24. The number of carbonyl (C=O) groups excluding carboxylic acids is 1. The zero-order valence-electron chi connectivity index (χ0n) is 15.0. The van der Waals surface area contributed by atoms with Gasteiger partial charge in [0.2, 0.25) is 0 Å². The lowest BCUT2D eigenvalue weighted by molar-refractivity contribution is 0.0169. The van der Waals surface area contributed by atoms with Crippen LogP contribution >= 0.6 is 11.3 Å². The van der Waals surface area contributed by atoms with Crippen molar-refractivity contribution >= 4 is 17.2 Å². The molecule has 0 saturated carbocycles. The molecule has 0 spiro atoms. The number of benzene rings is 1. The van der Waals surface area contributed by atoms with Crippen LogP contribution in [0.4, 0.5) is 0 Å². The summed E-state index contributed by atoms with van der Waals surface area (Å²) in [5, 5.41) is 5.18. The summed E-state index contributed by atoms with van der Waals surface area (Å²) in [6.07, 6.45) is 3.28.